The zero-order valence-electron chi connectivity index (χ0n) is 11.9. The summed E-state index contributed by atoms with van der Waals surface area (Å²) in [6, 6.07) is 6.73. The molecule has 0 spiro atoms. The maximum atomic E-state index is 11.6. The number of nitrogens with two attached hydrogens (primary N) is 1. The molecule has 0 saturated heterocycles. The molecule has 1 aromatic rings. The number of benzene rings is 1. The van der Waals surface area contributed by atoms with Crippen LogP contribution in [0.3, 0.4) is 0 Å². The lowest BCUT2D eigenvalue weighted by atomic mass is 9.97. The summed E-state index contributed by atoms with van der Waals surface area (Å²) in [5.74, 6) is 0.984. The van der Waals surface area contributed by atoms with Crippen molar-refractivity contribution in [2.24, 2.45) is 11.7 Å². The second-order valence-corrected chi connectivity index (χ2v) is 7.55. The highest BCUT2D eigenvalue weighted by molar-refractivity contribution is 7.90. The van der Waals surface area contributed by atoms with Crippen molar-refractivity contribution >= 4 is 9.84 Å². The largest absolute Gasteiger partial charge is 0.490 e. The van der Waals surface area contributed by atoms with Crippen LogP contribution in [0.15, 0.2) is 29.2 Å². The first-order valence-corrected chi connectivity index (χ1v) is 9.06. The SMILES string of the molecule is CS(=O)(=O)c1cccc(OC2CCCCCC2CN)c1. The van der Waals surface area contributed by atoms with E-state index >= 15 is 0 Å². The Kier molecular flexibility index (Phi) is 5.05. The first kappa shape index (κ1) is 15.3. The van der Waals surface area contributed by atoms with Crippen LogP contribution in [0.5, 0.6) is 5.75 Å². The molecule has 20 heavy (non-hydrogen) atoms. The Balaban J connectivity index is 2.15. The maximum absolute atomic E-state index is 11.6. The lowest BCUT2D eigenvalue weighted by Crippen LogP contribution is -2.31. The predicted octanol–water partition coefficient (Wildman–Crippen LogP) is 2.38. The average molecular weight is 297 g/mol. The van der Waals surface area contributed by atoms with Crippen LogP contribution in [0.2, 0.25) is 0 Å². The fraction of sp³-hybridized carbons (Fsp3) is 0.600. The van der Waals surface area contributed by atoms with Gasteiger partial charge < -0.3 is 10.5 Å². The molecule has 112 valence electrons. The third kappa shape index (κ3) is 3.96. The molecule has 2 unspecified atom stereocenters. The van der Waals surface area contributed by atoms with E-state index in [2.05, 4.69) is 0 Å². The highest BCUT2D eigenvalue weighted by Gasteiger charge is 2.24. The standard InChI is InChI=1S/C15H23NO3S/c1-20(17,18)14-8-5-7-13(10-14)19-15-9-4-2-3-6-12(15)11-16/h5,7-8,10,12,15H,2-4,6,9,11,16H2,1H3. The van der Waals surface area contributed by atoms with E-state index in [0.717, 1.165) is 19.3 Å². The molecule has 0 aromatic heterocycles. The van der Waals surface area contributed by atoms with E-state index in [1.54, 1.807) is 18.2 Å². The van der Waals surface area contributed by atoms with Crippen molar-refractivity contribution in [3.8, 4) is 5.75 Å². The third-order valence-electron chi connectivity index (χ3n) is 3.91. The van der Waals surface area contributed by atoms with Gasteiger partial charge in [-0.3, -0.25) is 0 Å². The van der Waals surface area contributed by atoms with Gasteiger partial charge in [0.1, 0.15) is 11.9 Å². The number of hydrogen-bond donors (Lipinski definition) is 1. The van der Waals surface area contributed by atoms with Crippen molar-refractivity contribution in [3.05, 3.63) is 24.3 Å². The highest BCUT2D eigenvalue weighted by atomic mass is 32.2. The van der Waals surface area contributed by atoms with Gasteiger partial charge in [-0.2, -0.15) is 0 Å². The Hall–Kier alpha value is -1.07. The van der Waals surface area contributed by atoms with Crippen molar-refractivity contribution in [1.82, 2.24) is 0 Å². The van der Waals surface area contributed by atoms with Crippen molar-refractivity contribution in [2.45, 2.75) is 43.1 Å². The van der Waals surface area contributed by atoms with Crippen LogP contribution in [-0.4, -0.2) is 27.3 Å². The van der Waals surface area contributed by atoms with Crippen LogP contribution in [-0.2, 0) is 9.84 Å². The molecular formula is C15H23NO3S. The molecular weight excluding hydrogens is 274 g/mol. The van der Waals surface area contributed by atoms with E-state index in [-0.39, 0.29) is 6.10 Å². The molecule has 0 bridgehead atoms. The van der Waals surface area contributed by atoms with Gasteiger partial charge in [0, 0.05) is 12.2 Å². The molecule has 1 aromatic carbocycles. The molecule has 0 heterocycles. The van der Waals surface area contributed by atoms with E-state index in [4.69, 9.17) is 10.5 Å². The van der Waals surface area contributed by atoms with Crippen LogP contribution >= 0.6 is 0 Å². The quantitative estimate of drug-likeness (QED) is 0.866. The van der Waals surface area contributed by atoms with Crippen LogP contribution < -0.4 is 10.5 Å². The van der Waals surface area contributed by atoms with Crippen LogP contribution in [0.1, 0.15) is 32.1 Å². The summed E-state index contributed by atoms with van der Waals surface area (Å²) in [6.07, 6.45) is 6.95. The Morgan fingerprint density at radius 2 is 2.00 bits per heavy atom. The Morgan fingerprint density at radius 3 is 2.70 bits per heavy atom. The molecule has 2 N–H and O–H groups in total. The van der Waals surface area contributed by atoms with Gasteiger partial charge in [-0.1, -0.05) is 18.9 Å². The van der Waals surface area contributed by atoms with Gasteiger partial charge >= 0.3 is 0 Å². The summed E-state index contributed by atoms with van der Waals surface area (Å²) in [5, 5.41) is 0. The molecule has 1 fully saturated rings. The molecule has 2 atom stereocenters. The van der Waals surface area contributed by atoms with E-state index in [1.165, 1.54) is 19.1 Å². The fourth-order valence-electron chi connectivity index (χ4n) is 2.73. The van der Waals surface area contributed by atoms with Gasteiger partial charge in [-0.05, 0) is 44.0 Å². The molecule has 5 heteroatoms. The number of sulfone groups is 1. The summed E-state index contributed by atoms with van der Waals surface area (Å²) < 4.78 is 29.2. The van der Waals surface area contributed by atoms with Crippen molar-refractivity contribution in [1.29, 1.82) is 0 Å². The Labute approximate surface area is 121 Å². The summed E-state index contributed by atoms with van der Waals surface area (Å²) in [4.78, 5) is 0.299. The lowest BCUT2D eigenvalue weighted by molar-refractivity contribution is 0.129. The smallest absolute Gasteiger partial charge is 0.175 e. The van der Waals surface area contributed by atoms with Gasteiger partial charge in [-0.15, -0.1) is 0 Å². The fourth-order valence-corrected chi connectivity index (χ4v) is 3.38. The number of ether oxygens (including phenoxy) is 1. The van der Waals surface area contributed by atoms with Crippen molar-refractivity contribution in [3.63, 3.8) is 0 Å². The third-order valence-corrected chi connectivity index (χ3v) is 5.02. The molecule has 1 aliphatic carbocycles. The molecule has 0 radical (unpaired) electrons. The summed E-state index contributed by atoms with van der Waals surface area (Å²) >= 11 is 0. The topological polar surface area (TPSA) is 69.4 Å². The van der Waals surface area contributed by atoms with Crippen molar-refractivity contribution in [2.75, 3.05) is 12.8 Å². The Bertz CT molecular complexity index is 542. The monoisotopic (exact) mass is 297 g/mol. The highest BCUT2D eigenvalue weighted by Crippen LogP contribution is 2.28. The van der Waals surface area contributed by atoms with Crippen LogP contribution in [0.4, 0.5) is 0 Å². The molecule has 1 saturated carbocycles. The molecule has 4 nitrogen and oxygen atoms in total. The lowest BCUT2D eigenvalue weighted by Gasteiger charge is -2.25. The van der Waals surface area contributed by atoms with E-state index in [0.29, 0.717) is 23.1 Å². The van der Waals surface area contributed by atoms with Crippen molar-refractivity contribution < 1.29 is 13.2 Å². The average Bonchev–Trinajstić information content (AvgIpc) is 2.63. The normalized spacial score (nSPS) is 24.1. The molecule has 1 aliphatic rings. The second kappa shape index (κ2) is 6.59. The van der Waals surface area contributed by atoms with Gasteiger partial charge in [0.2, 0.25) is 0 Å². The summed E-state index contributed by atoms with van der Waals surface area (Å²) in [6.45, 7) is 0.621. The van der Waals surface area contributed by atoms with Crippen LogP contribution in [0.25, 0.3) is 0 Å². The Morgan fingerprint density at radius 1 is 1.25 bits per heavy atom. The van der Waals surface area contributed by atoms with Gasteiger partial charge in [0.25, 0.3) is 0 Å². The maximum Gasteiger partial charge on any atom is 0.175 e. The number of hydrogen-bond acceptors (Lipinski definition) is 4. The minimum Gasteiger partial charge on any atom is -0.490 e. The van der Waals surface area contributed by atoms with Gasteiger partial charge in [0.05, 0.1) is 4.90 Å². The first-order valence-electron chi connectivity index (χ1n) is 7.17. The van der Waals surface area contributed by atoms with E-state index in [1.807, 2.05) is 6.07 Å². The summed E-state index contributed by atoms with van der Waals surface area (Å²) in [5.41, 5.74) is 5.84. The molecule has 0 amide bonds. The second-order valence-electron chi connectivity index (χ2n) is 5.54. The predicted molar refractivity (Wildman–Crippen MR) is 79.6 cm³/mol. The first-order chi connectivity index (χ1) is 9.50. The molecule has 2 rings (SSSR count). The van der Waals surface area contributed by atoms with E-state index < -0.39 is 9.84 Å². The van der Waals surface area contributed by atoms with E-state index in [9.17, 15) is 8.42 Å². The van der Waals surface area contributed by atoms with Gasteiger partial charge in [0.15, 0.2) is 9.84 Å². The summed E-state index contributed by atoms with van der Waals surface area (Å²) in [7, 11) is -3.20. The minimum atomic E-state index is -3.20. The molecule has 0 aliphatic heterocycles. The minimum absolute atomic E-state index is 0.0947. The number of rotatable bonds is 4. The van der Waals surface area contributed by atoms with Crippen LogP contribution in [0, 0.1) is 5.92 Å². The zero-order chi connectivity index (χ0) is 14.6. The van der Waals surface area contributed by atoms with Gasteiger partial charge in [-0.25, -0.2) is 8.42 Å². The zero-order valence-corrected chi connectivity index (χ0v) is 12.7.